The van der Waals surface area contributed by atoms with Gasteiger partial charge in [0.25, 0.3) is 0 Å². The van der Waals surface area contributed by atoms with Crippen LogP contribution in [0.15, 0.2) is 0 Å². The Balaban J connectivity index is 4.22. The van der Waals surface area contributed by atoms with Crippen LogP contribution in [0.4, 0.5) is 0 Å². The van der Waals surface area contributed by atoms with E-state index in [0.717, 1.165) is 18.0 Å². The third-order valence-corrected chi connectivity index (χ3v) is 2.56. The minimum Gasteiger partial charge on any atom is -0.549 e. The topological polar surface area (TPSA) is 63.0 Å². The molecule has 0 spiro atoms. The number of hydrogen-bond acceptors (Lipinski definition) is 4. The van der Waals surface area contributed by atoms with E-state index in [1.807, 2.05) is 0 Å². The molecule has 0 aliphatic heterocycles. The number of quaternary nitrogens is 1. The number of carbonyl (C=O) groups excluding carboxylic acids is 1. The van der Waals surface area contributed by atoms with Gasteiger partial charge in [-0.15, -0.1) is 0 Å². The first kappa shape index (κ1) is 15.3. The van der Waals surface area contributed by atoms with E-state index in [4.69, 9.17) is 9.47 Å². The summed E-state index contributed by atoms with van der Waals surface area (Å²) < 4.78 is 10.0. The van der Waals surface area contributed by atoms with Crippen molar-refractivity contribution in [3.63, 3.8) is 0 Å². The van der Waals surface area contributed by atoms with Gasteiger partial charge in [0.2, 0.25) is 0 Å². The second-order valence-electron chi connectivity index (χ2n) is 4.58. The molecule has 0 fully saturated rings. The molecule has 0 saturated carbocycles. The smallest absolute Gasteiger partial charge is 0.101 e. The van der Waals surface area contributed by atoms with E-state index >= 15 is 0 Å². The molecule has 1 N–H and O–H groups in total. The highest BCUT2D eigenvalue weighted by Gasteiger charge is 2.25. The fourth-order valence-electron chi connectivity index (χ4n) is 1.49. The van der Waals surface area contributed by atoms with E-state index < -0.39 is 11.4 Å². The van der Waals surface area contributed by atoms with Gasteiger partial charge in [-0.05, 0) is 13.8 Å². The highest BCUT2D eigenvalue weighted by atomic mass is 16.5. The Hall–Kier alpha value is -0.650. The molecule has 5 nitrogen and oxygen atoms in total. The molecule has 96 valence electrons. The molecule has 0 aromatic rings. The Kier molecular flexibility index (Phi) is 7.29. The van der Waals surface area contributed by atoms with Crippen molar-refractivity contribution >= 4 is 5.97 Å². The lowest BCUT2D eigenvalue weighted by molar-refractivity contribution is -0.906. The summed E-state index contributed by atoms with van der Waals surface area (Å²) in [5.41, 5.74) is -0.823. The van der Waals surface area contributed by atoms with Crippen molar-refractivity contribution in [2.75, 3.05) is 47.1 Å². The number of aliphatic carboxylic acids is 1. The summed E-state index contributed by atoms with van der Waals surface area (Å²) in [4.78, 5) is 12.1. The Bertz CT molecular complexity index is 198. The average Bonchev–Trinajstić information content (AvgIpc) is 2.21. The van der Waals surface area contributed by atoms with E-state index in [1.54, 1.807) is 28.1 Å². The number of carboxylic acids is 1. The van der Waals surface area contributed by atoms with E-state index in [2.05, 4.69) is 0 Å². The van der Waals surface area contributed by atoms with Gasteiger partial charge in [-0.1, -0.05) is 0 Å². The first-order valence-corrected chi connectivity index (χ1v) is 5.47. The van der Waals surface area contributed by atoms with Crippen LogP contribution in [0.1, 0.15) is 13.8 Å². The summed E-state index contributed by atoms with van der Waals surface area (Å²) in [7, 11) is 3.27. The molecule has 0 bridgehead atoms. The molecule has 0 aromatic heterocycles. The van der Waals surface area contributed by atoms with Gasteiger partial charge in [0.1, 0.15) is 13.1 Å². The Morgan fingerprint density at radius 1 is 1.19 bits per heavy atom. The first-order valence-electron chi connectivity index (χ1n) is 5.47. The fraction of sp³-hybridized carbons (Fsp3) is 0.909. The number of carbonyl (C=O) groups is 1. The van der Waals surface area contributed by atoms with E-state index in [-0.39, 0.29) is 0 Å². The second-order valence-corrected chi connectivity index (χ2v) is 4.58. The molecular formula is C11H23NO4. The number of carboxylic acid groups (broad SMARTS) is 1. The molecule has 0 heterocycles. The van der Waals surface area contributed by atoms with Crippen LogP contribution in [0.2, 0.25) is 0 Å². The second kappa shape index (κ2) is 7.60. The maximum absolute atomic E-state index is 10.9. The minimum absolute atomic E-state index is 0.516. The van der Waals surface area contributed by atoms with Gasteiger partial charge in [0.05, 0.1) is 31.1 Å². The molecule has 0 aromatic carbocycles. The predicted molar refractivity (Wildman–Crippen MR) is 58.1 cm³/mol. The van der Waals surface area contributed by atoms with Gasteiger partial charge in [-0.3, -0.25) is 0 Å². The van der Waals surface area contributed by atoms with Crippen LogP contribution in [-0.2, 0) is 14.3 Å². The molecule has 5 heteroatoms. The number of rotatable bonds is 9. The summed E-state index contributed by atoms with van der Waals surface area (Å²) in [6.45, 7) is 6.66. The molecule has 16 heavy (non-hydrogen) atoms. The van der Waals surface area contributed by atoms with Crippen LogP contribution in [0.25, 0.3) is 0 Å². The molecule has 0 radical (unpaired) electrons. The first-order chi connectivity index (χ1) is 7.44. The van der Waals surface area contributed by atoms with Gasteiger partial charge in [-0.2, -0.15) is 0 Å². The van der Waals surface area contributed by atoms with Crippen LogP contribution >= 0.6 is 0 Å². The van der Waals surface area contributed by atoms with Crippen LogP contribution in [-0.4, -0.2) is 53.0 Å². The largest absolute Gasteiger partial charge is 0.549 e. The SMILES string of the molecule is COCC[NH+](CCOC)CC(C)(C)C(=O)[O-]. The Morgan fingerprint density at radius 2 is 1.62 bits per heavy atom. The van der Waals surface area contributed by atoms with Crippen LogP contribution in [0, 0.1) is 5.41 Å². The van der Waals surface area contributed by atoms with Gasteiger partial charge >= 0.3 is 0 Å². The van der Waals surface area contributed by atoms with Crippen molar-refractivity contribution < 1.29 is 24.3 Å². The van der Waals surface area contributed by atoms with Crippen molar-refractivity contribution in [2.45, 2.75) is 13.8 Å². The minimum atomic E-state index is -1.01. The van der Waals surface area contributed by atoms with Gasteiger partial charge < -0.3 is 24.3 Å². The zero-order chi connectivity index (χ0) is 12.6. The van der Waals surface area contributed by atoms with E-state index in [0.29, 0.717) is 19.8 Å². The Labute approximate surface area is 97.3 Å². The fourth-order valence-corrected chi connectivity index (χ4v) is 1.49. The molecule has 0 rings (SSSR count). The normalized spacial score (nSPS) is 12.1. The van der Waals surface area contributed by atoms with E-state index in [1.165, 1.54) is 0 Å². The highest BCUT2D eigenvalue weighted by Crippen LogP contribution is 2.09. The standard InChI is InChI=1S/C11H23NO4/c1-11(2,10(13)14)9-12(5-7-15-3)6-8-16-4/h5-9H2,1-4H3,(H,13,14). The quantitative estimate of drug-likeness (QED) is 0.497. The number of hydrogen-bond donors (Lipinski definition) is 1. The number of nitrogens with one attached hydrogen (secondary N) is 1. The number of ether oxygens (including phenoxy) is 2. The predicted octanol–water partition coefficient (Wildman–Crippen LogP) is -2.06. The molecule has 0 aliphatic rings. The van der Waals surface area contributed by atoms with Crippen LogP contribution < -0.4 is 10.0 Å². The van der Waals surface area contributed by atoms with Crippen molar-refractivity contribution in [1.82, 2.24) is 0 Å². The summed E-state index contributed by atoms with van der Waals surface area (Å²) in [6, 6.07) is 0. The maximum atomic E-state index is 10.9. The van der Waals surface area contributed by atoms with E-state index in [9.17, 15) is 9.90 Å². The van der Waals surface area contributed by atoms with Crippen molar-refractivity contribution in [3.05, 3.63) is 0 Å². The highest BCUT2D eigenvalue weighted by molar-refractivity contribution is 5.71. The van der Waals surface area contributed by atoms with Crippen molar-refractivity contribution in [2.24, 2.45) is 5.41 Å². The molecule has 0 aliphatic carbocycles. The third-order valence-electron chi connectivity index (χ3n) is 2.56. The summed E-state index contributed by atoms with van der Waals surface area (Å²) >= 11 is 0. The zero-order valence-electron chi connectivity index (χ0n) is 10.7. The summed E-state index contributed by atoms with van der Waals surface area (Å²) in [5.74, 6) is -1.01. The summed E-state index contributed by atoms with van der Waals surface area (Å²) in [5, 5.41) is 10.9. The van der Waals surface area contributed by atoms with Gasteiger partial charge in [-0.25, -0.2) is 0 Å². The lowest BCUT2D eigenvalue weighted by Crippen LogP contribution is -3.14. The lowest BCUT2D eigenvalue weighted by atomic mass is 9.93. The average molecular weight is 233 g/mol. The van der Waals surface area contributed by atoms with Crippen LogP contribution in [0.3, 0.4) is 0 Å². The molecule has 0 saturated heterocycles. The van der Waals surface area contributed by atoms with Gasteiger partial charge in [0, 0.05) is 14.2 Å². The molecule has 0 amide bonds. The maximum Gasteiger partial charge on any atom is 0.101 e. The number of methoxy groups -OCH3 is 2. The lowest BCUT2D eigenvalue weighted by Gasteiger charge is -2.30. The van der Waals surface area contributed by atoms with Gasteiger partial charge in [0.15, 0.2) is 0 Å². The molecule has 0 unspecified atom stereocenters. The monoisotopic (exact) mass is 233 g/mol. The van der Waals surface area contributed by atoms with Crippen LogP contribution in [0.5, 0.6) is 0 Å². The third kappa shape index (κ3) is 6.05. The van der Waals surface area contributed by atoms with Crippen molar-refractivity contribution in [3.8, 4) is 0 Å². The molecular weight excluding hydrogens is 210 g/mol. The van der Waals surface area contributed by atoms with Crippen molar-refractivity contribution in [1.29, 1.82) is 0 Å². The Morgan fingerprint density at radius 3 is 1.94 bits per heavy atom. The summed E-state index contributed by atoms with van der Waals surface area (Å²) in [6.07, 6.45) is 0. The molecule has 0 atom stereocenters. The zero-order valence-corrected chi connectivity index (χ0v) is 10.7.